The van der Waals surface area contributed by atoms with Gasteiger partial charge in [0, 0.05) is 11.8 Å². The normalized spacial score (nSPS) is 12.2. The van der Waals surface area contributed by atoms with Crippen molar-refractivity contribution in [2.24, 2.45) is 5.73 Å². The lowest BCUT2D eigenvalue weighted by Gasteiger charge is -2.10. The molecule has 0 amide bonds. The summed E-state index contributed by atoms with van der Waals surface area (Å²) in [7, 11) is -2.19. The minimum atomic E-state index is -2.19. The van der Waals surface area contributed by atoms with Crippen LogP contribution >= 0.6 is 7.14 Å². The zero-order chi connectivity index (χ0) is 10.6. The van der Waals surface area contributed by atoms with E-state index in [2.05, 4.69) is 0 Å². The molecule has 2 nitrogen and oxygen atoms in total. The first-order chi connectivity index (χ1) is 6.55. The highest BCUT2D eigenvalue weighted by molar-refractivity contribution is 7.70. The van der Waals surface area contributed by atoms with Gasteiger partial charge in [0.15, 0.2) is 0 Å². The van der Waals surface area contributed by atoms with Crippen LogP contribution in [-0.2, 0) is 4.57 Å². The molecule has 0 heterocycles. The van der Waals surface area contributed by atoms with Crippen molar-refractivity contribution >= 4 is 18.5 Å². The van der Waals surface area contributed by atoms with E-state index in [-0.39, 0.29) is 0 Å². The van der Waals surface area contributed by atoms with Gasteiger partial charge in [-0.25, -0.2) is 0 Å². The van der Waals surface area contributed by atoms with Crippen molar-refractivity contribution in [1.82, 2.24) is 0 Å². The molecule has 0 radical (unpaired) electrons. The van der Waals surface area contributed by atoms with Gasteiger partial charge in [-0.1, -0.05) is 36.4 Å². The van der Waals surface area contributed by atoms with Gasteiger partial charge in [0.25, 0.3) is 0 Å². The lowest BCUT2D eigenvalue weighted by molar-refractivity contribution is 0.588. The summed E-state index contributed by atoms with van der Waals surface area (Å²) in [6.45, 7) is 4.07. The van der Waals surface area contributed by atoms with Crippen molar-refractivity contribution in [1.29, 1.82) is 0 Å². The Labute approximate surface area is 85.2 Å². The highest BCUT2D eigenvalue weighted by atomic mass is 31.2. The van der Waals surface area contributed by atoms with E-state index >= 15 is 0 Å². The zero-order valence-corrected chi connectivity index (χ0v) is 9.50. The third kappa shape index (κ3) is 2.83. The van der Waals surface area contributed by atoms with Crippen molar-refractivity contribution in [3.63, 3.8) is 0 Å². The lowest BCUT2D eigenvalue weighted by Crippen LogP contribution is -2.06. The Kier molecular flexibility index (Phi) is 3.68. The highest BCUT2D eigenvalue weighted by Gasteiger charge is 2.13. The van der Waals surface area contributed by atoms with Gasteiger partial charge in [-0.15, -0.1) is 0 Å². The minimum Gasteiger partial charge on any atom is -0.327 e. The van der Waals surface area contributed by atoms with Crippen LogP contribution in [0.2, 0.25) is 0 Å². The Morgan fingerprint density at radius 3 is 2.57 bits per heavy atom. The van der Waals surface area contributed by atoms with Crippen LogP contribution in [0.25, 0.3) is 6.08 Å². The molecule has 3 heteroatoms. The molecule has 0 aliphatic heterocycles. The van der Waals surface area contributed by atoms with Crippen LogP contribution in [0.4, 0.5) is 0 Å². The zero-order valence-electron chi connectivity index (χ0n) is 8.60. The molecule has 0 aliphatic carbocycles. The minimum absolute atomic E-state index is 0.506. The predicted molar refractivity (Wildman–Crippen MR) is 63.6 cm³/mol. The van der Waals surface area contributed by atoms with E-state index in [9.17, 15) is 4.57 Å². The number of nitrogens with two attached hydrogens (primary N) is 1. The molecule has 0 saturated heterocycles. The maximum absolute atomic E-state index is 11.9. The van der Waals surface area contributed by atoms with E-state index in [0.717, 1.165) is 10.9 Å². The SMILES string of the molecule is CP(C)(=O)c1ccccc1/C=C/CN. The average molecular weight is 209 g/mol. The third-order valence-corrected chi connectivity index (χ3v) is 3.52. The second kappa shape index (κ2) is 4.59. The Balaban J connectivity index is 3.17. The first-order valence-corrected chi connectivity index (χ1v) is 7.17. The summed E-state index contributed by atoms with van der Waals surface area (Å²) < 4.78 is 11.9. The van der Waals surface area contributed by atoms with Gasteiger partial charge in [-0.05, 0) is 18.9 Å². The second-order valence-corrected chi connectivity index (χ2v) is 6.73. The molecule has 1 aromatic carbocycles. The second-order valence-electron chi connectivity index (χ2n) is 3.55. The summed E-state index contributed by atoms with van der Waals surface area (Å²) in [5.41, 5.74) is 6.39. The van der Waals surface area contributed by atoms with Crippen LogP contribution in [0.3, 0.4) is 0 Å². The van der Waals surface area contributed by atoms with Gasteiger partial charge in [-0.2, -0.15) is 0 Å². The summed E-state index contributed by atoms with van der Waals surface area (Å²) in [6, 6.07) is 7.72. The Bertz CT molecular complexity index is 379. The van der Waals surface area contributed by atoms with Crippen molar-refractivity contribution in [2.75, 3.05) is 19.9 Å². The molecule has 1 aromatic rings. The number of hydrogen-bond donors (Lipinski definition) is 1. The fraction of sp³-hybridized carbons (Fsp3) is 0.273. The van der Waals surface area contributed by atoms with E-state index < -0.39 is 7.14 Å². The lowest BCUT2D eigenvalue weighted by atomic mass is 10.2. The topological polar surface area (TPSA) is 43.1 Å². The molecule has 2 N–H and O–H groups in total. The molecule has 0 unspecified atom stereocenters. The molecular weight excluding hydrogens is 193 g/mol. The maximum Gasteiger partial charge on any atom is 0.110 e. The monoisotopic (exact) mass is 209 g/mol. The molecule has 0 aromatic heterocycles. The average Bonchev–Trinajstić information content (AvgIpc) is 2.14. The van der Waals surface area contributed by atoms with E-state index in [1.54, 1.807) is 13.3 Å². The largest absolute Gasteiger partial charge is 0.327 e. The van der Waals surface area contributed by atoms with Crippen molar-refractivity contribution < 1.29 is 4.57 Å². The number of benzene rings is 1. The van der Waals surface area contributed by atoms with Gasteiger partial charge >= 0.3 is 0 Å². The van der Waals surface area contributed by atoms with E-state index in [4.69, 9.17) is 5.73 Å². The standard InChI is InChI=1S/C11H16NOP/c1-14(2,13)11-8-4-3-6-10(11)7-5-9-12/h3-8H,9,12H2,1-2H3/b7-5+. The van der Waals surface area contributed by atoms with Crippen LogP contribution in [0.5, 0.6) is 0 Å². The molecule has 0 bridgehead atoms. The number of hydrogen-bond acceptors (Lipinski definition) is 2. The third-order valence-electron chi connectivity index (χ3n) is 1.95. The molecule has 14 heavy (non-hydrogen) atoms. The number of rotatable bonds is 3. The Morgan fingerprint density at radius 1 is 1.36 bits per heavy atom. The molecule has 0 atom stereocenters. The quantitative estimate of drug-likeness (QED) is 0.773. The van der Waals surface area contributed by atoms with Gasteiger partial charge in [-0.3, -0.25) is 0 Å². The fourth-order valence-electron chi connectivity index (χ4n) is 1.31. The van der Waals surface area contributed by atoms with Gasteiger partial charge in [0.1, 0.15) is 7.14 Å². The van der Waals surface area contributed by atoms with E-state index in [1.807, 2.05) is 36.4 Å². The van der Waals surface area contributed by atoms with Gasteiger partial charge in [0.05, 0.1) is 0 Å². The first kappa shape index (κ1) is 11.2. The van der Waals surface area contributed by atoms with Crippen molar-refractivity contribution in [3.05, 3.63) is 35.9 Å². The van der Waals surface area contributed by atoms with Crippen LogP contribution in [-0.4, -0.2) is 19.9 Å². The summed E-state index contributed by atoms with van der Waals surface area (Å²) >= 11 is 0. The highest BCUT2D eigenvalue weighted by Crippen LogP contribution is 2.36. The molecular formula is C11H16NOP. The van der Waals surface area contributed by atoms with Crippen molar-refractivity contribution in [3.8, 4) is 0 Å². The molecule has 0 aliphatic rings. The Hall–Kier alpha value is -0.850. The summed E-state index contributed by atoms with van der Waals surface area (Å²) in [5.74, 6) is 0. The Morgan fingerprint density at radius 2 is 2.00 bits per heavy atom. The first-order valence-electron chi connectivity index (χ1n) is 4.57. The summed E-state index contributed by atoms with van der Waals surface area (Å²) in [4.78, 5) is 0. The fourth-order valence-corrected chi connectivity index (χ4v) is 2.53. The molecule has 0 spiro atoms. The predicted octanol–water partition coefficient (Wildman–Crippen LogP) is 1.91. The summed E-state index contributed by atoms with van der Waals surface area (Å²) in [6.07, 6.45) is 3.80. The molecule has 0 fully saturated rings. The molecule has 1 rings (SSSR count). The van der Waals surface area contributed by atoms with Crippen molar-refractivity contribution in [2.45, 2.75) is 0 Å². The molecule has 76 valence electrons. The van der Waals surface area contributed by atoms with Crippen LogP contribution in [0.15, 0.2) is 30.3 Å². The van der Waals surface area contributed by atoms with Gasteiger partial charge < -0.3 is 10.3 Å². The van der Waals surface area contributed by atoms with Gasteiger partial charge in [0.2, 0.25) is 0 Å². The van der Waals surface area contributed by atoms with E-state index in [0.29, 0.717) is 6.54 Å². The maximum atomic E-state index is 11.9. The van der Waals surface area contributed by atoms with Crippen LogP contribution in [0.1, 0.15) is 5.56 Å². The van der Waals surface area contributed by atoms with Crippen LogP contribution in [0, 0.1) is 0 Å². The van der Waals surface area contributed by atoms with E-state index in [1.165, 1.54) is 0 Å². The summed E-state index contributed by atoms with van der Waals surface area (Å²) in [5, 5.41) is 0.921. The molecule has 0 saturated carbocycles. The van der Waals surface area contributed by atoms with Crippen LogP contribution < -0.4 is 11.0 Å². The smallest absolute Gasteiger partial charge is 0.110 e.